The van der Waals surface area contributed by atoms with Crippen LogP contribution in [0.25, 0.3) is 0 Å². The third kappa shape index (κ3) is 3.95. The Morgan fingerprint density at radius 3 is 2.85 bits per heavy atom. The number of hydrogen-bond acceptors (Lipinski definition) is 3. The first-order valence-electron chi connectivity index (χ1n) is 7.69. The first-order valence-corrected chi connectivity index (χ1v) is 7.69. The van der Waals surface area contributed by atoms with E-state index in [-0.39, 0.29) is 5.91 Å². The molecule has 0 aromatic carbocycles. The Bertz CT molecular complexity index is 455. The average Bonchev–Trinajstić information content (AvgIpc) is 2.39. The molecule has 0 bridgehead atoms. The minimum Gasteiger partial charge on any atom is -0.384 e. The molecule has 0 atom stereocenters. The molecule has 0 radical (unpaired) electrons. The number of nitrogens with one attached hydrogen (secondary N) is 2. The molecule has 4 nitrogen and oxygen atoms in total. The van der Waals surface area contributed by atoms with Crippen molar-refractivity contribution in [2.24, 2.45) is 5.92 Å². The molecule has 1 aliphatic carbocycles. The fourth-order valence-electron chi connectivity index (χ4n) is 2.41. The van der Waals surface area contributed by atoms with Crippen molar-refractivity contribution in [2.45, 2.75) is 46.0 Å². The molecule has 1 aromatic heterocycles. The smallest absolute Gasteiger partial charge is 0.254 e. The third-order valence-electron chi connectivity index (χ3n) is 3.91. The summed E-state index contributed by atoms with van der Waals surface area (Å²) < 4.78 is 0. The van der Waals surface area contributed by atoms with Gasteiger partial charge >= 0.3 is 0 Å². The second-order valence-corrected chi connectivity index (χ2v) is 5.64. The largest absolute Gasteiger partial charge is 0.384 e. The predicted octanol–water partition coefficient (Wildman–Crippen LogP) is 3.13. The van der Waals surface area contributed by atoms with Crippen LogP contribution in [0.4, 0.5) is 5.69 Å². The maximum atomic E-state index is 12.2. The molecule has 1 aliphatic rings. The highest BCUT2D eigenvalue weighted by molar-refractivity contribution is 5.99. The van der Waals surface area contributed by atoms with E-state index in [1.54, 1.807) is 6.20 Å². The van der Waals surface area contributed by atoms with Crippen molar-refractivity contribution in [1.29, 1.82) is 0 Å². The van der Waals surface area contributed by atoms with Crippen molar-refractivity contribution in [1.82, 2.24) is 10.3 Å². The number of hydrogen-bond donors (Lipinski definition) is 2. The highest BCUT2D eigenvalue weighted by Gasteiger charge is 2.18. The quantitative estimate of drug-likeness (QED) is 0.804. The lowest BCUT2D eigenvalue weighted by molar-refractivity contribution is 0.0949. The second kappa shape index (κ2) is 7.27. The van der Waals surface area contributed by atoms with Crippen LogP contribution in [0.2, 0.25) is 0 Å². The monoisotopic (exact) mass is 275 g/mol. The van der Waals surface area contributed by atoms with Crippen molar-refractivity contribution in [3.63, 3.8) is 0 Å². The van der Waals surface area contributed by atoms with Gasteiger partial charge in [0.15, 0.2) is 0 Å². The van der Waals surface area contributed by atoms with Crippen molar-refractivity contribution in [3.05, 3.63) is 23.5 Å². The van der Waals surface area contributed by atoms with Gasteiger partial charge in [-0.25, -0.2) is 0 Å². The Labute approximate surface area is 121 Å². The summed E-state index contributed by atoms with van der Waals surface area (Å²) >= 11 is 0. The van der Waals surface area contributed by atoms with Crippen molar-refractivity contribution < 1.29 is 4.79 Å². The lowest BCUT2D eigenvalue weighted by atomic mass is 9.83. The van der Waals surface area contributed by atoms with Crippen LogP contribution in [0.15, 0.2) is 12.3 Å². The van der Waals surface area contributed by atoms with E-state index in [0.717, 1.165) is 43.2 Å². The van der Waals surface area contributed by atoms with E-state index in [0.29, 0.717) is 5.56 Å². The number of anilines is 1. The molecular weight excluding hydrogens is 250 g/mol. The molecule has 0 saturated heterocycles. The van der Waals surface area contributed by atoms with Crippen LogP contribution in [0, 0.1) is 12.8 Å². The fourth-order valence-corrected chi connectivity index (χ4v) is 2.41. The summed E-state index contributed by atoms with van der Waals surface area (Å²) in [4.78, 5) is 16.5. The molecule has 0 unspecified atom stereocenters. The molecule has 0 spiro atoms. The molecule has 2 rings (SSSR count). The lowest BCUT2D eigenvalue weighted by Gasteiger charge is -2.25. The second-order valence-electron chi connectivity index (χ2n) is 5.64. The van der Waals surface area contributed by atoms with Gasteiger partial charge in [-0.05, 0) is 31.7 Å². The topological polar surface area (TPSA) is 54.0 Å². The fraction of sp³-hybridized carbons (Fsp3) is 0.625. The maximum absolute atomic E-state index is 12.2. The zero-order chi connectivity index (χ0) is 14.4. The summed E-state index contributed by atoms with van der Waals surface area (Å²) in [6.07, 6.45) is 7.81. The molecule has 20 heavy (non-hydrogen) atoms. The van der Waals surface area contributed by atoms with Crippen molar-refractivity contribution in [3.8, 4) is 0 Å². The van der Waals surface area contributed by atoms with Gasteiger partial charge in [0, 0.05) is 25.0 Å². The summed E-state index contributed by atoms with van der Waals surface area (Å²) in [7, 11) is 0. The van der Waals surface area contributed by atoms with Gasteiger partial charge in [0.05, 0.1) is 11.3 Å². The highest BCUT2D eigenvalue weighted by atomic mass is 16.1. The van der Waals surface area contributed by atoms with E-state index in [9.17, 15) is 4.79 Å². The molecular formula is C16H25N3O. The number of carbonyl (C=O) groups excluding carboxylic acids is 1. The van der Waals surface area contributed by atoms with Crippen LogP contribution >= 0.6 is 0 Å². The minimum atomic E-state index is -0.0181. The van der Waals surface area contributed by atoms with Gasteiger partial charge in [0.25, 0.3) is 5.91 Å². The Morgan fingerprint density at radius 1 is 1.40 bits per heavy atom. The molecule has 1 heterocycles. The Hall–Kier alpha value is -1.58. The molecule has 1 fully saturated rings. The van der Waals surface area contributed by atoms with E-state index < -0.39 is 0 Å². The Balaban J connectivity index is 1.92. The summed E-state index contributed by atoms with van der Waals surface area (Å²) in [6, 6.07) is 1.94. The standard InChI is InChI=1S/C16H25N3O/c1-3-8-17-15-10-12(2)19-11-14(15)16(20)18-9-7-13-5-4-6-13/h10-11,13H,3-9H2,1-2H3,(H,17,19)(H,18,20). The van der Waals surface area contributed by atoms with Gasteiger partial charge in [0.2, 0.25) is 0 Å². The first kappa shape index (κ1) is 14.8. The molecule has 1 saturated carbocycles. The number of nitrogens with zero attached hydrogens (tertiary/aromatic N) is 1. The molecule has 4 heteroatoms. The highest BCUT2D eigenvalue weighted by Crippen LogP contribution is 2.28. The normalized spacial score (nSPS) is 14.7. The van der Waals surface area contributed by atoms with Crippen LogP contribution in [-0.4, -0.2) is 24.0 Å². The van der Waals surface area contributed by atoms with Crippen LogP contribution in [-0.2, 0) is 0 Å². The predicted molar refractivity (Wildman–Crippen MR) is 82.0 cm³/mol. The van der Waals surface area contributed by atoms with Crippen LogP contribution in [0.3, 0.4) is 0 Å². The van der Waals surface area contributed by atoms with Gasteiger partial charge in [-0.3, -0.25) is 9.78 Å². The summed E-state index contributed by atoms with van der Waals surface area (Å²) in [6.45, 7) is 5.69. The molecule has 2 N–H and O–H groups in total. The number of carbonyl (C=O) groups is 1. The minimum absolute atomic E-state index is 0.0181. The summed E-state index contributed by atoms with van der Waals surface area (Å²) in [5.41, 5.74) is 2.47. The Morgan fingerprint density at radius 2 is 2.20 bits per heavy atom. The van der Waals surface area contributed by atoms with Crippen LogP contribution < -0.4 is 10.6 Å². The number of pyridine rings is 1. The van der Waals surface area contributed by atoms with E-state index >= 15 is 0 Å². The number of aromatic nitrogens is 1. The van der Waals surface area contributed by atoms with Crippen molar-refractivity contribution in [2.75, 3.05) is 18.4 Å². The SMILES string of the molecule is CCCNc1cc(C)ncc1C(=O)NCCC1CCC1. The van der Waals surface area contributed by atoms with Crippen LogP contribution in [0.1, 0.15) is 55.1 Å². The average molecular weight is 275 g/mol. The third-order valence-corrected chi connectivity index (χ3v) is 3.91. The number of rotatable bonds is 7. The summed E-state index contributed by atoms with van der Waals surface area (Å²) in [5.74, 6) is 0.805. The lowest BCUT2D eigenvalue weighted by Crippen LogP contribution is -2.28. The van der Waals surface area contributed by atoms with E-state index in [1.807, 2.05) is 13.0 Å². The number of aryl methyl sites for hydroxylation is 1. The van der Waals surface area contributed by atoms with E-state index in [1.165, 1.54) is 19.3 Å². The molecule has 1 aromatic rings. The van der Waals surface area contributed by atoms with Gasteiger partial charge < -0.3 is 10.6 Å². The molecule has 0 aliphatic heterocycles. The maximum Gasteiger partial charge on any atom is 0.254 e. The Kier molecular flexibility index (Phi) is 5.39. The van der Waals surface area contributed by atoms with E-state index in [4.69, 9.17) is 0 Å². The van der Waals surface area contributed by atoms with Gasteiger partial charge in [-0.2, -0.15) is 0 Å². The number of amides is 1. The zero-order valence-electron chi connectivity index (χ0n) is 12.5. The van der Waals surface area contributed by atoms with Crippen LogP contribution in [0.5, 0.6) is 0 Å². The zero-order valence-corrected chi connectivity index (χ0v) is 12.5. The van der Waals surface area contributed by atoms with Gasteiger partial charge in [0.1, 0.15) is 0 Å². The van der Waals surface area contributed by atoms with Gasteiger partial charge in [-0.1, -0.05) is 26.2 Å². The van der Waals surface area contributed by atoms with Gasteiger partial charge in [-0.15, -0.1) is 0 Å². The van der Waals surface area contributed by atoms with Crippen molar-refractivity contribution >= 4 is 11.6 Å². The molecule has 1 amide bonds. The van der Waals surface area contributed by atoms with E-state index in [2.05, 4.69) is 22.5 Å². The summed E-state index contributed by atoms with van der Waals surface area (Å²) in [5, 5.41) is 6.32. The first-order chi connectivity index (χ1) is 9.70. The molecule has 110 valence electrons.